The van der Waals surface area contributed by atoms with Gasteiger partial charge in [-0.3, -0.25) is 0 Å². The fourth-order valence-corrected chi connectivity index (χ4v) is 4.02. The minimum absolute atomic E-state index is 0.375. The van der Waals surface area contributed by atoms with Crippen LogP contribution in [0.25, 0.3) is 0 Å². The topological polar surface area (TPSA) is 24.9 Å². The van der Waals surface area contributed by atoms with Crippen LogP contribution < -0.4 is 19.3 Å². The van der Waals surface area contributed by atoms with Crippen LogP contribution in [-0.4, -0.2) is 28.2 Å². The molecule has 0 aliphatic rings. The second-order valence-electron chi connectivity index (χ2n) is 8.62. The third kappa shape index (κ3) is 5.34. The standard InChI is InChI=1S/C30H32N2O2/c1-31(2)25-19-11-13-21-27(25)33-29(23-15-7-5-8-16-23)30(24-17-9-6-10-18-24)34-28-22-14-12-20-26(28)32(3)4/h5-22,29-30H,1-4H3/t29-,30-/m1/s1. The van der Waals surface area contributed by atoms with Gasteiger partial charge in [0.1, 0.15) is 11.5 Å². The van der Waals surface area contributed by atoms with E-state index >= 15 is 0 Å². The van der Waals surface area contributed by atoms with E-state index < -0.39 is 0 Å². The van der Waals surface area contributed by atoms with Gasteiger partial charge in [0.2, 0.25) is 0 Å². The molecule has 4 nitrogen and oxygen atoms in total. The first-order chi connectivity index (χ1) is 16.5. The Balaban J connectivity index is 1.83. The summed E-state index contributed by atoms with van der Waals surface area (Å²) in [5.74, 6) is 1.62. The van der Waals surface area contributed by atoms with Gasteiger partial charge in [-0.25, -0.2) is 0 Å². The molecule has 174 valence electrons. The van der Waals surface area contributed by atoms with Crippen molar-refractivity contribution < 1.29 is 9.47 Å². The molecule has 0 aliphatic heterocycles. The van der Waals surface area contributed by atoms with Crippen LogP contribution in [0, 0.1) is 0 Å². The Labute approximate surface area is 203 Å². The van der Waals surface area contributed by atoms with Crippen LogP contribution in [0.5, 0.6) is 11.5 Å². The largest absolute Gasteiger partial charge is 0.479 e. The van der Waals surface area contributed by atoms with Crippen LogP contribution in [0.15, 0.2) is 109 Å². The molecule has 0 amide bonds. The first-order valence-corrected chi connectivity index (χ1v) is 11.5. The number of hydrogen-bond donors (Lipinski definition) is 0. The minimum Gasteiger partial charge on any atom is -0.479 e. The van der Waals surface area contributed by atoms with E-state index in [0.717, 1.165) is 34.0 Å². The predicted molar refractivity (Wildman–Crippen MR) is 141 cm³/mol. The SMILES string of the molecule is CN(C)c1ccccc1O[C@H](c1ccccc1)[C@H](Oc1ccccc1N(C)C)c1ccccc1. The smallest absolute Gasteiger partial charge is 0.165 e. The average molecular weight is 453 g/mol. The van der Waals surface area contributed by atoms with Gasteiger partial charge in [0.05, 0.1) is 11.4 Å². The number of hydrogen-bond acceptors (Lipinski definition) is 4. The van der Waals surface area contributed by atoms with Gasteiger partial charge in [-0.1, -0.05) is 84.9 Å². The monoisotopic (exact) mass is 452 g/mol. The summed E-state index contributed by atoms with van der Waals surface area (Å²) < 4.78 is 13.6. The third-order valence-electron chi connectivity index (χ3n) is 5.73. The number of anilines is 2. The van der Waals surface area contributed by atoms with Crippen LogP contribution in [-0.2, 0) is 0 Å². The van der Waals surface area contributed by atoms with Gasteiger partial charge >= 0.3 is 0 Å². The molecule has 4 aromatic carbocycles. The molecule has 4 aromatic rings. The van der Waals surface area contributed by atoms with E-state index in [0.29, 0.717) is 0 Å². The van der Waals surface area contributed by atoms with Crippen LogP contribution in [0.3, 0.4) is 0 Å². The molecule has 0 aliphatic carbocycles. The molecule has 4 rings (SSSR count). The van der Waals surface area contributed by atoms with Crippen molar-refractivity contribution >= 4 is 11.4 Å². The van der Waals surface area contributed by atoms with Gasteiger partial charge < -0.3 is 19.3 Å². The molecule has 0 saturated carbocycles. The number of benzene rings is 4. The van der Waals surface area contributed by atoms with Crippen LogP contribution in [0.2, 0.25) is 0 Å². The van der Waals surface area contributed by atoms with Crippen molar-refractivity contribution in [3.63, 3.8) is 0 Å². The maximum atomic E-state index is 6.80. The fourth-order valence-electron chi connectivity index (χ4n) is 4.02. The summed E-state index contributed by atoms with van der Waals surface area (Å²) in [5.41, 5.74) is 4.13. The van der Waals surface area contributed by atoms with Gasteiger partial charge in [0.25, 0.3) is 0 Å². The summed E-state index contributed by atoms with van der Waals surface area (Å²) in [6, 6.07) is 36.8. The normalized spacial score (nSPS) is 12.5. The molecule has 0 aromatic heterocycles. The molecule has 4 heteroatoms. The highest BCUT2D eigenvalue weighted by Gasteiger charge is 2.30. The highest BCUT2D eigenvalue weighted by Crippen LogP contribution is 2.41. The van der Waals surface area contributed by atoms with Crippen molar-refractivity contribution in [1.82, 2.24) is 0 Å². The zero-order valence-electron chi connectivity index (χ0n) is 20.3. The van der Waals surface area contributed by atoms with E-state index in [1.54, 1.807) is 0 Å². The summed E-state index contributed by atoms with van der Waals surface area (Å²) in [4.78, 5) is 4.13. The van der Waals surface area contributed by atoms with Crippen molar-refractivity contribution in [3.8, 4) is 11.5 Å². The highest BCUT2D eigenvalue weighted by atomic mass is 16.5. The average Bonchev–Trinajstić information content (AvgIpc) is 2.87. The van der Waals surface area contributed by atoms with E-state index in [-0.39, 0.29) is 12.2 Å². The first kappa shape index (κ1) is 23.2. The van der Waals surface area contributed by atoms with Crippen molar-refractivity contribution in [1.29, 1.82) is 0 Å². The Bertz CT molecular complexity index is 1080. The molecule has 0 heterocycles. The quantitative estimate of drug-likeness (QED) is 0.280. The van der Waals surface area contributed by atoms with Gasteiger partial charge in [-0.05, 0) is 35.4 Å². The molecule has 34 heavy (non-hydrogen) atoms. The summed E-state index contributed by atoms with van der Waals surface area (Å²) in [6.45, 7) is 0. The Hall–Kier alpha value is -3.92. The van der Waals surface area contributed by atoms with Gasteiger partial charge in [0.15, 0.2) is 12.2 Å². The third-order valence-corrected chi connectivity index (χ3v) is 5.73. The van der Waals surface area contributed by atoms with Crippen LogP contribution in [0.1, 0.15) is 23.3 Å². The van der Waals surface area contributed by atoms with E-state index in [1.165, 1.54) is 0 Å². The minimum atomic E-state index is -0.375. The maximum Gasteiger partial charge on any atom is 0.165 e. The molecule has 2 atom stereocenters. The number of para-hydroxylation sites is 4. The molecule has 0 unspecified atom stereocenters. The predicted octanol–water partition coefficient (Wildman–Crippen LogP) is 6.76. The molecule has 0 radical (unpaired) electrons. The Morgan fingerprint density at radius 2 is 0.765 bits per heavy atom. The lowest BCUT2D eigenvalue weighted by Gasteiger charge is -2.32. The molecule has 0 N–H and O–H groups in total. The fraction of sp³-hybridized carbons (Fsp3) is 0.200. The van der Waals surface area contributed by atoms with E-state index in [2.05, 4.69) is 46.2 Å². The molecule has 0 saturated heterocycles. The first-order valence-electron chi connectivity index (χ1n) is 11.5. The zero-order valence-corrected chi connectivity index (χ0v) is 20.3. The van der Waals surface area contributed by atoms with E-state index in [1.807, 2.05) is 101 Å². The number of nitrogens with zero attached hydrogens (tertiary/aromatic N) is 2. The molecule has 0 fully saturated rings. The Morgan fingerprint density at radius 3 is 1.12 bits per heavy atom. The summed E-state index contributed by atoms with van der Waals surface area (Å²) >= 11 is 0. The second-order valence-corrected chi connectivity index (χ2v) is 8.62. The molecular formula is C30H32N2O2. The lowest BCUT2D eigenvalue weighted by atomic mass is 9.97. The lowest BCUT2D eigenvalue weighted by Crippen LogP contribution is -2.24. The van der Waals surface area contributed by atoms with Crippen molar-refractivity contribution in [2.24, 2.45) is 0 Å². The Morgan fingerprint density at radius 1 is 0.441 bits per heavy atom. The molecule has 0 bridgehead atoms. The number of rotatable bonds is 9. The van der Waals surface area contributed by atoms with Crippen molar-refractivity contribution in [2.45, 2.75) is 12.2 Å². The summed E-state index contributed by atoms with van der Waals surface area (Å²) in [5, 5.41) is 0. The Kier molecular flexibility index (Phi) is 7.38. The van der Waals surface area contributed by atoms with Gasteiger partial charge in [-0.2, -0.15) is 0 Å². The van der Waals surface area contributed by atoms with E-state index in [9.17, 15) is 0 Å². The highest BCUT2D eigenvalue weighted by molar-refractivity contribution is 5.58. The maximum absolute atomic E-state index is 6.80. The zero-order chi connectivity index (χ0) is 23.9. The number of ether oxygens (including phenoxy) is 2. The molecular weight excluding hydrogens is 420 g/mol. The van der Waals surface area contributed by atoms with Crippen molar-refractivity contribution in [3.05, 3.63) is 120 Å². The van der Waals surface area contributed by atoms with Crippen LogP contribution >= 0.6 is 0 Å². The lowest BCUT2D eigenvalue weighted by molar-refractivity contribution is 0.0531. The van der Waals surface area contributed by atoms with Gasteiger partial charge in [0, 0.05) is 28.2 Å². The van der Waals surface area contributed by atoms with Crippen molar-refractivity contribution in [2.75, 3.05) is 38.0 Å². The second kappa shape index (κ2) is 10.8. The van der Waals surface area contributed by atoms with Gasteiger partial charge in [-0.15, -0.1) is 0 Å². The summed E-state index contributed by atoms with van der Waals surface area (Å²) in [7, 11) is 8.10. The van der Waals surface area contributed by atoms with Crippen LogP contribution in [0.4, 0.5) is 11.4 Å². The summed E-state index contributed by atoms with van der Waals surface area (Å²) in [6.07, 6.45) is -0.750. The molecule has 0 spiro atoms. The van der Waals surface area contributed by atoms with E-state index in [4.69, 9.17) is 9.47 Å².